The Balaban J connectivity index is 1.76. The van der Waals surface area contributed by atoms with E-state index >= 15 is 0 Å². The van der Waals surface area contributed by atoms with E-state index in [1.54, 1.807) is 24.3 Å². The average molecular weight is 346 g/mol. The van der Waals surface area contributed by atoms with E-state index in [4.69, 9.17) is 16.1 Å². The van der Waals surface area contributed by atoms with Gasteiger partial charge < -0.3 is 9.84 Å². The van der Waals surface area contributed by atoms with E-state index in [9.17, 15) is 9.18 Å². The summed E-state index contributed by atoms with van der Waals surface area (Å²) in [7, 11) is 0. The molecule has 1 aromatic heterocycles. The molecule has 7 heteroatoms. The van der Waals surface area contributed by atoms with Crippen LogP contribution in [0.3, 0.4) is 0 Å². The third kappa shape index (κ3) is 3.44. The van der Waals surface area contributed by atoms with Gasteiger partial charge in [-0.25, -0.2) is 4.39 Å². The number of aromatic nitrogens is 2. The number of amides is 1. The molecule has 0 saturated heterocycles. The molecule has 0 aliphatic rings. The van der Waals surface area contributed by atoms with Crippen LogP contribution in [0.25, 0.3) is 11.4 Å². The van der Waals surface area contributed by atoms with Gasteiger partial charge in [0.25, 0.3) is 5.91 Å². The average Bonchev–Trinajstić information content (AvgIpc) is 3.06. The van der Waals surface area contributed by atoms with Crippen molar-refractivity contribution in [3.05, 3.63) is 64.8 Å². The zero-order chi connectivity index (χ0) is 17.1. The van der Waals surface area contributed by atoms with E-state index in [2.05, 4.69) is 15.5 Å². The number of carbonyl (C=O) groups excluding carboxylic acids is 1. The number of halogens is 2. The van der Waals surface area contributed by atoms with Crippen LogP contribution in [0, 0.1) is 5.82 Å². The summed E-state index contributed by atoms with van der Waals surface area (Å²) in [5, 5.41) is 6.66. The predicted octanol–water partition coefficient (Wildman–Crippen LogP) is 4.34. The van der Waals surface area contributed by atoms with Gasteiger partial charge in [0.15, 0.2) is 0 Å². The van der Waals surface area contributed by atoms with Gasteiger partial charge in [-0.15, -0.1) is 0 Å². The van der Waals surface area contributed by atoms with Crippen LogP contribution in [0.4, 0.5) is 10.1 Å². The monoisotopic (exact) mass is 345 g/mol. The Bertz CT molecular complexity index is 878. The van der Waals surface area contributed by atoms with Crippen molar-refractivity contribution in [1.29, 1.82) is 0 Å². The van der Waals surface area contributed by atoms with Crippen LogP contribution < -0.4 is 5.32 Å². The van der Waals surface area contributed by atoms with Crippen molar-refractivity contribution in [3.8, 4) is 11.4 Å². The summed E-state index contributed by atoms with van der Waals surface area (Å²) in [6, 6.07) is 10.5. The molecule has 0 radical (unpaired) electrons. The third-order valence-electron chi connectivity index (χ3n) is 3.36. The summed E-state index contributed by atoms with van der Waals surface area (Å²) in [6.07, 6.45) is 0.659. The molecule has 24 heavy (non-hydrogen) atoms. The predicted molar refractivity (Wildman–Crippen MR) is 88.5 cm³/mol. The van der Waals surface area contributed by atoms with E-state index in [1.807, 2.05) is 6.92 Å². The van der Waals surface area contributed by atoms with Gasteiger partial charge in [-0.1, -0.05) is 35.8 Å². The lowest BCUT2D eigenvalue weighted by Crippen LogP contribution is -2.12. The Morgan fingerprint density at radius 1 is 1.25 bits per heavy atom. The van der Waals surface area contributed by atoms with E-state index in [1.165, 1.54) is 12.1 Å². The van der Waals surface area contributed by atoms with Gasteiger partial charge in [-0.05, 0) is 30.3 Å². The molecule has 0 atom stereocenters. The van der Waals surface area contributed by atoms with Crippen molar-refractivity contribution in [2.45, 2.75) is 13.3 Å². The number of rotatable bonds is 4. The first-order valence-corrected chi connectivity index (χ1v) is 7.64. The van der Waals surface area contributed by atoms with Gasteiger partial charge in [0.1, 0.15) is 5.82 Å². The summed E-state index contributed by atoms with van der Waals surface area (Å²) >= 11 is 5.90. The quantitative estimate of drug-likeness (QED) is 0.763. The minimum absolute atomic E-state index is 0.138. The first-order valence-electron chi connectivity index (χ1n) is 7.26. The fraction of sp³-hybridized carbons (Fsp3) is 0.118. The molecule has 0 spiro atoms. The molecule has 1 heterocycles. The number of hydrogen-bond acceptors (Lipinski definition) is 4. The van der Waals surface area contributed by atoms with Crippen LogP contribution in [0.2, 0.25) is 5.02 Å². The lowest BCUT2D eigenvalue weighted by molar-refractivity contribution is 0.102. The molecule has 122 valence electrons. The van der Waals surface area contributed by atoms with E-state index in [0.717, 1.165) is 11.6 Å². The number of hydrogen-bond donors (Lipinski definition) is 1. The third-order valence-corrected chi connectivity index (χ3v) is 3.67. The van der Waals surface area contributed by atoms with Crippen LogP contribution in [-0.2, 0) is 6.42 Å². The molecule has 0 bridgehead atoms. The molecule has 1 amide bonds. The maximum absolute atomic E-state index is 13.0. The van der Waals surface area contributed by atoms with Crippen LogP contribution in [0.1, 0.15) is 23.2 Å². The normalized spacial score (nSPS) is 10.6. The molecular weight excluding hydrogens is 333 g/mol. The molecule has 5 nitrogen and oxygen atoms in total. The molecular formula is C17H13ClFN3O2. The Morgan fingerprint density at radius 3 is 2.62 bits per heavy atom. The highest BCUT2D eigenvalue weighted by atomic mass is 35.5. The molecule has 0 aliphatic carbocycles. The maximum Gasteiger partial charge on any atom is 0.255 e. The highest BCUT2D eigenvalue weighted by Gasteiger charge is 2.11. The van der Waals surface area contributed by atoms with Crippen molar-refractivity contribution in [1.82, 2.24) is 10.1 Å². The highest BCUT2D eigenvalue weighted by molar-refractivity contribution is 6.33. The van der Waals surface area contributed by atoms with Crippen molar-refractivity contribution >= 4 is 23.2 Å². The second kappa shape index (κ2) is 6.80. The van der Waals surface area contributed by atoms with Crippen LogP contribution in [0.15, 0.2) is 47.0 Å². The summed E-state index contributed by atoms with van der Waals surface area (Å²) in [5.74, 6) is 0.212. The largest absolute Gasteiger partial charge is 0.339 e. The molecule has 0 saturated carbocycles. The maximum atomic E-state index is 13.0. The summed E-state index contributed by atoms with van der Waals surface area (Å²) < 4.78 is 18.1. The van der Waals surface area contributed by atoms with Crippen LogP contribution in [-0.4, -0.2) is 16.0 Å². The molecule has 1 N–H and O–H groups in total. The van der Waals surface area contributed by atoms with E-state index in [-0.39, 0.29) is 10.9 Å². The molecule has 3 aromatic rings. The topological polar surface area (TPSA) is 68.0 Å². The van der Waals surface area contributed by atoms with Crippen molar-refractivity contribution in [2.24, 2.45) is 0 Å². The fourth-order valence-electron chi connectivity index (χ4n) is 2.07. The van der Waals surface area contributed by atoms with E-state index < -0.39 is 5.82 Å². The number of nitrogens with zero attached hydrogens (tertiary/aromatic N) is 2. The molecule has 2 aromatic carbocycles. The van der Waals surface area contributed by atoms with Crippen molar-refractivity contribution in [2.75, 3.05) is 5.32 Å². The van der Waals surface area contributed by atoms with Gasteiger partial charge in [-0.2, -0.15) is 4.98 Å². The number of benzene rings is 2. The number of carbonyl (C=O) groups is 1. The van der Waals surface area contributed by atoms with Gasteiger partial charge in [-0.3, -0.25) is 4.79 Å². The smallest absolute Gasteiger partial charge is 0.255 e. The molecule has 0 unspecified atom stereocenters. The minimum Gasteiger partial charge on any atom is -0.339 e. The van der Waals surface area contributed by atoms with Gasteiger partial charge in [0, 0.05) is 17.5 Å². The lowest BCUT2D eigenvalue weighted by Gasteiger charge is -2.07. The first kappa shape index (κ1) is 16.1. The zero-order valence-electron chi connectivity index (χ0n) is 12.7. The zero-order valence-corrected chi connectivity index (χ0v) is 13.5. The Hall–Kier alpha value is -2.73. The minimum atomic E-state index is -0.464. The van der Waals surface area contributed by atoms with Gasteiger partial charge in [0.2, 0.25) is 11.7 Å². The summed E-state index contributed by atoms with van der Waals surface area (Å²) in [6.45, 7) is 1.92. The molecule has 0 aliphatic heterocycles. The number of aryl methyl sites for hydroxylation is 1. The van der Waals surface area contributed by atoms with Gasteiger partial charge >= 0.3 is 0 Å². The van der Waals surface area contributed by atoms with Crippen molar-refractivity contribution < 1.29 is 13.7 Å². The standard InChI is InChI=1S/C17H13ClFN3O2/c1-2-15-21-16(22-24-15)10-3-5-11(6-4-10)17(23)20-14-8-7-12(19)9-13(14)18/h3-9H,2H2,1H3,(H,20,23). The second-order valence-corrected chi connectivity index (χ2v) is 5.43. The summed E-state index contributed by atoms with van der Waals surface area (Å²) in [5.41, 5.74) is 1.52. The first-order chi connectivity index (χ1) is 11.6. The number of anilines is 1. The Labute approximate surface area is 142 Å². The molecule has 0 fully saturated rings. The van der Waals surface area contributed by atoms with Crippen molar-refractivity contribution in [3.63, 3.8) is 0 Å². The second-order valence-electron chi connectivity index (χ2n) is 5.02. The summed E-state index contributed by atoms with van der Waals surface area (Å²) in [4.78, 5) is 16.5. The SMILES string of the molecule is CCc1nc(-c2ccc(C(=O)Nc3ccc(F)cc3Cl)cc2)no1. The fourth-order valence-corrected chi connectivity index (χ4v) is 2.29. The highest BCUT2D eigenvalue weighted by Crippen LogP contribution is 2.23. The van der Waals surface area contributed by atoms with Gasteiger partial charge in [0.05, 0.1) is 10.7 Å². The van der Waals surface area contributed by atoms with E-state index in [0.29, 0.717) is 29.4 Å². The molecule has 3 rings (SSSR count). The van der Waals surface area contributed by atoms with Crippen LogP contribution in [0.5, 0.6) is 0 Å². The van der Waals surface area contributed by atoms with Crippen LogP contribution >= 0.6 is 11.6 Å². The Morgan fingerprint density at radius 2 is 2.00 bits per heavy atom. The Kier molecular flexibility index (Phi) is 4.57. The number of nitrogens with one attached hydrogen (secondary N) is 1. The lowest BCUT2D eigenvalue weighted by atomic mass is 10.1.